The van der Waals surface area contributed by atoms with Crippen LogP contribution in [0.2, 0.25) is 0 Å². The monoisotopic (exact) mass is 315 g/mol. The summed E-state index contributed by atoms with van der Waals surface area (Å²) in [6, 6.07) is 9.30. The molecule has 0 radical (unpaired) electrons. The first kappa shape index (κ1) is 16.0. The number of nitrogens with zero attached hydrogens (tertiary/aromatic N) is 1. The molecular weight excluding hydrogens is 290 g/mol. The lowest BCUT2D eigenvalue weighted by Gasteiger charge is -2.22. The molecule has 2 fully saturated rings. The molecule has 0 aromatic heterocycles. The Labute approximate surface area is 137 Å². The summed E-state index contributed by atoms with van der Waals surface area (Å²) in [6.07, 6.45) is 3.59. The lowest BCUT2D eigenvalue weighted by atomic mass is 9.95. The highest BCUT2D eigenvalue weighted by Crippen LogP contribution is 2.32. The summed E-state index contributed by atoms with van der Waals surface area (Å²) in [7, 11) is 0. The zero-order chi connectivity index (χ0) is 16.4. The van der Waals surface area contributed by atoms with Gasteiger partial charge in [0, 0.05) is 17.6 Å². The largest absolute Gasteiger partial charge is 0.344 e. The van der Waals surface area contributed by atoms with Gasteiger partial charge in [0.25, 0.3) is 0 Å². The van der Waals surface area contributed by atoms with Crippen molar-refractivity contribution in [3.8, 4) is 0 Å². The lowest BCUT2D eigenvalue weighted by Crippen LogP contribution is -2.45. The molecule has 2 unspecified atom stereocenters. The molecule has 0 spiro atoms. The zero-order valence-corrected chi connectivity index (χ0v) is 13.6. The molecule has 3 rings (SSSR count). The van der Waals surface area contributed by atoms with Crippen molar-refractivity contribution in [1.29, 1.82) is 0 Å². The Kier molecular flexibility index (Phi) is 4.66. The van der Waals surface area contributed by atoms with E-state index >= 15 is 0 Å². The number of hydrogen-bond donors (Lipinski definition) is 2. The Morgan fingerprint density at radius 1 is 1.30 bits per heavy atom. The highest BCUT2D eigenvalue weighted by Gasteiger charge is 2.41. The fourth-order valence-electron chi connectivity index (χ4n) is 3.97. The number of benzene rings is 1. The molecule has 1 heterocycles. The molecule has 5 heteroatoms. The molecule has 1 aliphatic carbocycles. The van der Waals surface area contributed by atoms with Crippen LogP contribution in [-0.2, 0) is 9.59 Å². The molecule has 23 heavy (non-hydrogen) atoms. The van der Waals surface area contributed by atoms with Crippen LogP contribution in [0.25, 0.3) is 0 Å². The van der Waals surface area contributed by atoms with Gasteiger partial charge in [0.1, 0.15) is 6.04 Å². The summed E-state index contributed by atoms with van der Waals surface area (Å²) in [5.74, 6) is 0.209. The number of carbonyl (C=O) groups excluding carboxylic acids is 2. The summed E-state index contributed by atoms with van der Waals surface area (Å²) in [5.41, 5.74) is 6.65. The van der Waals surface area contributed by atoms with Gasteiger partial charge >= 0.3 is 0 Å². The fraction of sp³-hybridized carbons (Fsp3) is 0.556. The maximum Gasteiger partial charge on any atom is 0.249 e. The molecule has 3 N–H and O–H groups in total. The third kappa shape index (κ3) is 3.11. The van der Waals surface area contributed by atoms with Crippen LogP contribution in [0, 0.1) is 11.8 Å². The van der Waals surface area contributed by atoms with E-state index in [0.29, 0.717) is 13.0 Å². The predicted molar refractivity (Wildman–Crippen MR) is 89.8 cm³/mol. The zero-order valence-electron chi connectivity index (χ0n) is 13.6. The first-order chi connectivity index (χ1) is 11.1. The standard InChI is InChI=1S/C18H25N3O2/c1-12-10-16(18(23)21(12)14-7-3-2-4-8-14)20-17(22)15-9-5-6-13(15)11-19/h2-4,7-8,12-13,15-16H,5-6,9-11,19H2,1H3,(H,20,22)/t12?,13-,15-,16?/m1/s1. The van der Waals surface area contributed by atoms with E-state index in [1.807, 2.05) is 37.3 Å². The minimum atomic E-state index is -0.420. The molecule has 1 aromatic carbocycles. The van der Waals surface area contributed by atoms with E-state index in [4.69, 9.17) is 5.73 Å². The molecule has 2 aliphatic rings. The third-order valence-corrected chi connectivity index (χ3v) is 5.20. The number of anilines is 1. The van der Waals surface area contributed by atoms with E-state index in [1.165, 1.54) is 0 Å². The van der Waals surface area contributed by atoms with E-state index in [9.17, 15) is 9.59 Å². The molecule has 1 aliphatic heterocycles. The van der Waals surface area contributed by atoms with Crippen molar-refractivity contribution in [1.82, 2.24) is 5.32 Å². The summed E-state index contributed by atoms with van der Waals surface area (Å²) < 4.78 is 0. The Hall–Kier alpha value is -1.88. The van der Waals surface area contributed by atoms with Gasteiger partial charge in [-0.05, 0) is 50.8 Å². The predicted octanol–water partition coefficient (Wildman–Crippen LogP) is 1.67. The van der Waals surface area contributed by atoms with Crippen LogP contribution in [-0.4, -0.2) is 30.4 Å². The first-order valence-corrected chi connectivity index (χ1v) is 8.50. The van der Waals surface area contributed by atoms with Crippen LogP contribution in [0.3, 0.4) is 0 Å². The van der Waals surface area contributed by atoms with Crippen molar-refractivity contribution in [2.45, 2.75) is 44.7 Å². The van der Waals surface area contributed by atoms with Crippen molar-refractivity contribution in [2.24, 2.45) is 17.6 Å². The molecule has 4 atom stereocenters. The Morgan fingerprint density at radius 3 is 2.74 bits per heavy atom. The highest BCUT2D eigenvalue weighted by atomic mass is 16.2. The van der Waals surface area contributed by atoms with Gasteiger partial charge < -0.3 is 16.0 Å². The first-order valence-electron chi connectivity index (χ1n) is 8.50. The Balaban J connectivity index is 1.68. The van der Waals surface area contributed by atoms with Gasteiger partial charge in [-0.2, -0.15) is 0 Å². The quantitative estimate of drug-likeness (QED) is 0.887. The molecule has 1 saturated heterocycles. The smallest absolute Gasteiger partial charge is 0.249 e. The second kappa shape index (κ2) is 6.71. The third-order valence-electron chi connectivity index (χ3n) is 5.20. The molecule has 1 aromatic rings. The van der Waals surface area contributed by atoms with Crippen LogP contribution in [0.1, 0.15) is 32.6 Å². The number of para-hydroxylation sites is 1. The maximum atomic E-state index is 12.7. The van der Waals surface area contributed by atoms with Crippen molar-refractivity contribution >= 4 is 17.5 Å². The van der Waals surface area contributed by atoms with Crippen molar-refractivity contribution in [3.05, 3.63) is 30.3 Å². The number of carbonyl (C=O) groups is 2. The van der Waals surface area contributed by atoms with E-state index < -0.39 is 6.04 Å². The lowest BCUT2D eigenvalue weighted by molar-refractivity contribution is -0.129. The molecule has 5 nitrogen and oxygen atoms in total. The van der Waals surface area contributed by atoms with Crippen LogP contribution >= 0.6 is 0 Å². The second-order valence-corrected chi connectivity index (χ2v) is 6.72. The van der Waals surface area contributed by atoms with Crippen molar-refractivity contribution in [3.63, 3.8) is 0 Å². The molecule has 2 amide bonds. The number of nitrogens with one attached hydrogen (secondary N) is 1. The van der Waals surface area contributed by atoms with Crippen molar-refractivity contribution in [2.75, 3.05) is 11.4 Å². The Morgan fingerprint density at radius 2 is 2.04 bits per heavy atom. The van der Waals surface area contributed by atoms with Crippen LogP contribution in [0.5, 0.6) is 0 Å². The van der Waals surface area contributed by atoms with Crippen LogP contribution < -0.4 is 16.0 Å². The second-order valence-electron chi connectivity index (χ2n) is 6.72. The van der Waals surface area contributed by atoms with Crippen molar-refractivity contribution < 1.29 is 9.59 Å². The van der Waals surface area contributed by atoms with E-state index in [2.05, 4.69) is 5.32 Å². The average molecular weight is 315 g/mol. The van der Waals surface area contributed by atoms with Gasteiger partial charge in [0.2, 0.25) is 11.8 Å². The number of amides is 2. The van der Waals surface area contributed by atoms with Gasteiger partial charge in [0.15, 0.2) is 0 Å². The number of rotatable bonds is 4. The summed E-state index contributed by atoms with van der Waals surface area (Å²) in [5, 5.41) is 2.98. The highest BCUT2D eigenvalue weighted by molar-refractivity contribution is 6.02. The number of nitrogens with two attached hydrogens (primary N) is 1. The normalized spacial score (nSPS) is 30.7. The van der Waals surface area contributed by atoms with Crippen LogP contribution in [0.15, 0.2) is 30.3 Å². The maximum absolute atomic E-state index is 12.7. The SMILES string of the molecule is CC1CC(NC(=O)[C@@H]2CCC[C@@H]2CN)C(=O)N1c1ccccc1. The van der Waals surface area contributed by atoms with Gasteiger partial charge in [-0.25, -0.2) is 0 Å². The molecule has 0 bridgehead atoms. The molecule has 124 valence electrons. The summed E-state index contributed by atoms with van der Waals surface area (Å²) in [4.78, 5) is 27.0. The van der Waals surface area contributed by atoms with Gasteiger partial charge in [0.05, 0.1) is 0 Å². The van der Waals surface area contributed by atoms with Gasteiger partial charge in [-0.1, -0.05) is 24.6 Å². The summed E-state index contributed by atoms with van der Waals surface area (Å²) in [6.45, 7) is 2.57. The van der Waals surface area contributed by atoms with Gasteiger partial charge in [-0.3, -0.25) is 9.59 Å². The van der Waals surface area contributed by atoms with Gasteiger partial charge in [-0.15, -0.1) is 0 Å². The topological polar surface area (TPSA) is 75.4 Å². The minimum absolute atomic E-state index is 0.00147. The van der Waals surface area contributed by atoms with E-state index in [1.54, 1.807) is 4.90 Å². The van der Waals surface area contributed by atoms with E-state index in [-0.39, 0.29) is 29.7 Å². The molecule has 1 saturated carbocycles. The van der Waals surface area contributed by atoms with Crippen LogP contribution in [0.4, 0.5) is 5.69 Å². The fourth-order valence-corrected chi connectivity index (χ4v) is 3.97. The number of hydrogen-bond acceptors (Lipinski definition) is 3. The Bertz CT molecular complexity index is 575. The van der Waals surface area contributed by atoms with E-state index in [0.717, 1.165) is 24.9 Å². The summed E-state index contributed by atoms with van der Waals surface area (Å²) >= 11 is 0. The molecular formula is C18H25N3O2. The minimum Gasteiger partial charge on any atom is -0.344 e. The average Bonchev–Trinajstić information content (AvgIpc) is 3.13.